The molecule has 10 rings (SSSR count). The highest BCUT2D eigenvalue weighted by molar-refractivity contribution is 6.32. The van der Waals surface area contributed by atoms with Gasteiger partial charge < -0.3 is 87.4 Å². The summed E-state index contributed by atoms with van der Waals surface area (Å²) in [5.74, 6) is -12.9. The van der Waals surface area contributed by atoms with Crippen LogP contribution in [0.15, 0.2) is 78.9 Å². The van der Waals surface area contributed by atoms with Crippen molar-refractivity contribution in [2.24, 2.45) is 11.7 Å². The molecule has 82 heavy (non-hydrogen) atoms. The number of rotatable bonds is 10. The maximum absolute atomic E-state index is 15.5. The van der Waals surface area contributed by atoms with E-state index in [1.165, 1.54) is 75.9 Å². The van der Waals surface area contributed by atoms with Crippen LogP contribution < -0.4 is 61.9 Å². The fraction of sp³-hybridized carbons (Fsp3) is 0.309. The highest BCUT2D eigenvalue weighted by Gasteiger charge is 2.42. The molecule has 25 nitrogen and oxygen atoms in total. The fourth-order valence-corrected chi connectivity index (χ4v) is 10.1. The number of phenols is 2. The third kappa shape index (κ3) is 12.4. The van der Waals surface area contributed by atoms with Crippen molar-refractivity contribution in [3.63, 3.8) is 0 Å². The van der Waals surface area contributed by atoms with Crippen LogP contribution in [0.4, 0.5) is 0 Å². The predicted octanol–water partition coefficient (Wildman–Crippen LogP) is 3.00. The molecule has 0 saturated carbocycles. The molecule has 11 bridgehead atoms. The minimum absolute atomic E-state index is 0.0236. The zero-order chi connectivity index (χ0) is 59.6. The van der Waals surface area contributed by atoms with Gasteiger partial charge in [-0.15, -0.1) is 0 Å². The van der Waals surface area contributed by atoms with Crippen LogP contribution in [0.2, 0.25) is 10.0 Å². The normalized spacial score (nSPS) is 22.1. The van der Waals surface area contributed by atoms with Gasteiger partial charge in [-0.1, -0.05) is 55.2 Å². The number of carbonyl (C=O) groups excluding carboxylic acids is 7. The van der Waals surface area contributed by atoms with E-state index in [1.807, 2.05) is 13.8 Å². The van der Waals surface area contributed by atoms with Gasteiger partial charge in [-0.25, -0.2) is 4.79 Å². The van der Waals surface area contributed by atoms with E-state index in [1.54, 1.807) is 0 Å². The van der Waals surface area contributed by atoms with Crippen LogP contribution in [-0.2, 0) is 38.4 Å². The molecule has 5 aromatic rings. The number of aliphatic hydroxyl groups excluding tert-OH is 2. The molecule has 7 amide bonds. The van der Waals surface area contributed by atoms with Gasteiger partial charge in [0, 0.05) is 22.8 Å². The first-order valence-electron chi connectivity index (χ1n) is 25.2. The van der Waals surface area contributed by atoms with Crippen LogP contribution in [0.3, 0.4) is 0 Å². The average Bonchev–Trinajstić information content (AvgIpc) is 3.40. The number of amides is 7. The Bertz CT molecular complexity index is 3420. The first kappa shape index (κ1) is 59.2. The van der Waals surface area contributed by atoms with Crippen LogP contribution in [0.5, 0.6) is 46.0 Å². The number of nitrogens with two attached hydrogens (primary N) is 1. The van der Waals surface area contributed by atoms with E-state index in [4.69, 9.17) is 47.9 Å². The van der Waals surface area contributed by atoms with Crippen LogP contribution in [0.1, 0.15) is 84.8 Å². The van der Waals surface area contributed by atoms with Gasteiger partial charge >= 0.3 is 5.97 Å². The smallest absolute Gasteiger partial charge is 0.330 e. The Balaban J connectivity index is 1.37. The van der Waals surface area contributed by atoms with Gasteiger partial charge in [-0.3, -0.25) is 33.6 Å². The van der Waals surface area contributed by atoms with Gasteiger partial charge in [-0.2, -0.15) is 0 Å². The number of halogens is 2. The van der Waals surface area contributed by atoms with E-state index in [9.17, 15) is 54.3 Å². The number of carbonyl (C=O) groups is 8. The van der Waals surface area contributed by atoms with Crippen molar-refractivity contribution in [1.82, 2.24) is 37.2 Å². The van der Waals surface area contributed by atoms with Crippen molar-refractivity contribution in [3.05, 3.63) is 117 Å². The Morgan fingerprint density at radius 1 is 0.683 bits per heavy atom. The molecular formula is C55H56Cl2N8O17. The summed E-state index contributed by atoms with van der Waals surface area (Å²) in [5, 5.41) is 75.4. The number of carboxylic acids is 1. The Hall–Kier alpha value is -8.88. The van der Waals surface area contributed by atoms with Crippen molar-refractivity contribution < 1.29 is 82.8 Å². The molecule has 0 unspecified atom stereocenters. The number of carboxylic acid groups (broad SMARTS) is 1. The van der Waals surface area contributed by atoms with Crippen LogP contribution in [0.25, 0.3) is 11.1 Å². The van der Waals surface area contributed by atoms with E-state index in [0.29, 0.717) is 0 Å². The van der Waals surface area contributed by atoms with Gasteiger partial charge in [0.05, 0.1) is 36.7 Å². The summed E-state index contributed by atoms with van der Waals surface area (Å²) in [4.78, 5) is 114. The summed E-state index contributed by atoms with van der Waals surface area (Å²) in [6, 6.07) is 2.57. The molecule has 5 heterocycles. The molecule has 5 aliphatic heterocycles. The second-order valence-corrected chi connectivity index (χ2v) is 20.6. The van der Waals surface area contributed by atoms with E-state index in [-0.39, 0.29) is 84.3 Å². The number of aliphatic hydroxyl groups is 2. The lowest BCUT2D eigenvalue weighted by atomic mass is 9.89. The maximum atomic E-state index is 15.5. The van der Waals surface area contributed by atoms with Crippen molar-refractivity contribution in [2.45, 2.75) is 81.2 Å². The first-order valence-corrected chi connectivity index (χ1v) is 25.9. The largest absolute Gasteiger partial charge is 0.507 e. The number of methoxy groups -OCH3 is 2. The number of hydrogen-bond acceptors (Lipinski definition) is 17. The number of ether oxygens (including phenoxy) is 4. The molecule has 0 aromatic heterocycles. The van der Waals surface area contributed by atoms with Gasteiger partial charge in [-0.05, 0) is 96.2 Å². The molecule has 27 heteroatoms. The van der Waals surface area contributed by atoms with Gasteiger partial charge in [0.15, 0.2) is 17.5 Å². The van der Waals surface area contributed by atoms with E-state index < -0.39 is 131 Å². The summed E-state index contributed by atoms with van der Waals surface area (Å²) in [6.45, 7) is 3.70. The highest BCUT2D eigenvalue weighted by atomic mass is 35.5. The average molecular weight is 1170 g/mol. The molecule has 0 saturated heterocycles. The molecule has 9 atom stereocenters. The number of benzene rings is 5. The minimum atomic E-state index is -2.13. The monoisotopic (exact) mass is 1170 g/mol. The van der Waals surface area contributed by atoms with Crippen molar-refractivity contribution in [3.8, 4) is 57.1 Å². The molecule has 0 spiro atoms. The summed E-state index contributed by atoms with van der Waals surface area (Å²) < 4.78 is 23.3. The fourth-order valence-electron chi connectivity index (χ4n) is 9.61. The molecular weight excluding hydrogens is 1120 g/mol. The first-order chi connectivity index (χ1) is 38.9. The number of aromatic hydroxyl groups is 2. The third-order valence-electron chi connectivity index (χ3n) is 13.8. The number of primary amides is 1. The number of phenolic OH excluding ortho intramolecular Hbond substituents is 2. The molecule has 0 fully saturated rings. The quantitative estimate of drug-likeness (QED) is 0.0956. The number of aliphatic carboxylic acids is 1. The lowest BCUT2D eigenvalue weighted by Crippen LogP contribution is -2.59. The predicted molar refractivity (Wildman–Crippen MR) is 290 cm³/mol. The number of nitrogens with one attached hydrogen (secondary N) is 7. The zero-order valence-corrected chi connectivity index (χ0v) is 45.7. The summed E-state index contributed by atoms with van der Waals surface area (Å²) in [5.41, 5.74) is 4.34. The van der Waals surface area contributed by atoms with E-state index in [2.05, 4.69) is 37.2 Å². The molecule has 0 aliphatic carbocycles. The Labute approximate surface area is 476 Å². The molecule has 0 radical (unpaired) electrons. The topological polar surface area (TPSA) is 385 Å². The lowest BCUT2D eigenvalue weighted by Gasteiger charge is -2.31. The zero-order valence-electron chi connectivity index (χ0n) is 44.2. The number of likely N-dealkylation sites (N-methyl/N-ethyl adjacent to an activating group) is 1. The van der Waals surface area contributed by atoms with Crippen LogP contribution in [-0.4, -0.2) is 118 Å². The second kappa shape index (κ2) is 24.5. The molecule has 5 aliphatic rings. The highest BCUT2D eigenvalue weighted by Crippen LogP contribution is 2.48. The summed E-state index contributed by atoms with van der Waals surface area (Å²) >= 11 is 13.6. The van der Waals surface area contributed by atoms with Gasteiger partial charge in [0.1, 0.15) is 71.2 Å². The number of hydrogen-bond donors (Lipinski definition) is 13. The maximum Gasteiger partial charge on any atom is 0.330 e. The third-order valence-corrected chi connectivity index (χ3v) is 14.3. The molecule has 5 aromatic carbocycles. The second-order valence-electron chi connectivity index (χ2n) is 19.7. The molecule has 432 valence electrons. The summed E-state index contributed by atoms with van der Waals surface area (Å²) in [7, 11) is 4.00. The van der Waals surface area contributed by atoms with Crippen molar-refractivity contribution >= 4 is 70.5 Å². The number of fused-ring (bicyclic) bond motifs is 15. The SMILES string of the molecule is CN[C@H](CC(C)C)C(=O)N[C@H]1C(=O)N[C@@H](CC(N)=O)C(=O)N[C@H]2C(=O)N[C@H]3C(=O)N[C@H](C(=O)N[C@@H](C(=O)O)c4cc(OC)cc(O)c4-c4cc3ccc4OC)[C@H](O)c3ccc(c(Cl)c3)Oc3cc2cc(c3O)Oc2ccc(cc2Cl)[C@H]1O. The molecule has 14 N–H and O–H groups in total. The Morgan fingerprint density at radius 3 is 1.83 bits per heavy atom. The van der Waals surface area contributed by atoms with Gasteiger partial charge in [0.2, 0.25) is 47.1 Å². The van der Waals surface area contributed by atoms with Crippen LogP contribution in [0, 0.1) is 5.92 Å². The van der Waals surface area contributed by atoms with Crippen LogP contribution >= 0.6 is 23.2 Å². The van der Waals surface area contributed by atoms with E-state index >= 15 is 9.59 Å². The Morgan fingerprint density at radius 2 is 1.27 bits per heavy atom. The standard InChI is InChI=1S/C55H56Cl2N8O17/c1-21(2)12-31(59-3)49(71)64-44-46(68)23-7-10-35(29(56)14-23)81-37-16-25-17-38(48(37)70)82-36-11-8-24(15-30(36)57)47(69)45-54(76)63-43(55(77)78)28-18-26(79-4)19-33(66)40(28)27-13-22(6-9-34(27)80-5)41(51(73)65-45)62-52(74)42(25)61-50(72)32(20-39(58)67)60-53(44)75/h6-11,13-19,21,31-32,41-47,59,66,68-70H,12,20H2,1-5H3,(H2,58,67)(H,60,75)(H,61,72)(H,62,74)(H,63,76)(H,64,71)(H,65,73)(H,77,78)/t31-,32+,41-,42-,43-,44-,45+,46-,47-/m1/s1. The summed E-state index contributed by atoms with van der Waals surface area (Å²) in [6.07, 6.45) is -4.68. The van der Waals surface area contributed by atoms with Crippen molar-refractivity contribution in [2.75, 3.05) is 21.3 Å². The van der Waals surface area contributed by atoms with Gasteiger partial charge in [0.25, 0.3) is 0 Å². The Kier molecular flexibility index (Phi) is 17.7. The lowest BCUT2D eigenvalue weighted by molar-refractivity contribution is -0.143. The minimum Gasteiger partial charge on any atom is -0.507 e. The van der Waals surface area contributed by atoms with Crippen molar-refractivity contribution in [1.29, 1.82) is 0 Å². The van der Waals surface area contributed by atoms with E-state index in [0.717, 1.165) is 24.3 Å².